The van der Waals surface area contributed by atoms with Crippen molar-refractivity contribution in [2.45, 2.75) is 6.92 Å². The van der Waals surface area contributed by atoms with E-state index in [0.717, 1.165) is 0 Å². The second-order valence-corrected chi connectivity index (χ2v) is 2.25. The number of hydrogen-bond donors (Lipinski definition) is 0. The molecule has 0 spiro atoms. The predicted molar refractivity (Wildman–Crippen MR) is 45.4 cm³/mol. The number of carbonyl (C=O) groups excluding carboxylic acids is 1. The van der Waals surface area contributed by atoms with E-state index < -0.39 is 0 Å². The van der Waals surface area contributed by atoms with Crippen molar-refractivity contribution in [1.29, 1.82) is 0 Å². The molecule has 70 valence electrons. The van der Waals surface area contributed by atoms with Crippen LogP contribution in [0.25, 0.3) is 0 Å². The average molecular weight is 173 g/mol. The number of methoxy groups -OCH3 is 1. The Morgan fingerprint density at radius 1 is 1.58 bits per heavy atom. The fraction of sp³-hybridized carbons (Fsp3) is 0.625. The molecule has 4 heteroatoms. The van der Waals surface area contributed by atoms with E-state index in [9.17, 15) is 4.79 Å². The smallest absolute Gasteiger partial charge is 0.349 e. The van der Waals surface area contributed by atoms with Crippen molar-refractivity contribution in [2.24, 2.45) is 0 Å². The average Bonchev–Trinajstić information content (AvgIpc) is 2.01. The zero-order chi connectivity index (χ0) is 9.40. The Hall–Kier alpha value is -0.870. The highest BCUT2D eigenvalue weighted by molar-refractivity contribution is 5.81. The minimum absolute atomic E-state index is 0.365. The summed E-state index contributed by atoms with van der Waals surface area (Å²) in [4.78, 5) is 15.6. The van der Waals surface area contributed by atoms with Gasteiger partial charge in [0.2, 0.25) is 0 Å². The second kappa shape index (κ2) is 6.82. The minimum Gasteiger partial charge on any atom is -0.383 e. The first-order valence-electron chi connectivity index (χ1n) is 3.75. The lowest BCUT2D eigenvalue weighted by Gasteiger charge is -2.13. The van der Waals surface area contributed by atoms with E-state index in [2.05, 4.69) is 0 Å². The summed E-state index contributed by atoms with van der Waals surface area (Å²) in [5.74, 6) is -0.365. The first-order chi connectivity index (χ1) is 5.70. The number of hydroxylamine groups is 2. The third kappa shape index (κ3) is 5.88. The number of likely N-dealkylation sites (N-methyl/N-ethyl adjacent to an activating group) is 1. The van der Waals surface area contributed by atoms with Gasteiger partial charge < -0.3 is 9.57 Å². The molecule has 0 aromatic rings. The van der Waals surface area contributed by atoms with Crippen molar-refractivity contribution in [3.8, 4) is 0 Å². The summed E-state index contributed by atoms with van der Waals surface area (Å²) < 4.78 is 4.80. The maximum Gasteiger partial charge on any atom is 0.349 e. The van der Waals surface area contributed by atoms with E-state index in [0.29, 0.717) is 13.2 Å². The van der Waals surface area contributed by atoms with Gasteiger partial charge in [0.05, 0.1) is 13.2 Å². The molecule has 0 heterocycles. The fourth-order valence-corrected chi connectivity index (χ4v) is 0.586. The molecule has 0 aromatic carbocycles. The van der Waals surface area contributed by atoms with Gasteiger partial charge in [0, 0.05) is 20.2 Å². The normalized spacial score (nSPS) is 11.0. The molecular weight excluding hydrogens is 158 g/mol. The highest BCUT2D eigenvalue weighted by Crippen LogP contribution is 1.88. The molecule has 0 aliphatic heterocycles. The molecule has 0 aliphatic carbocycles. The zero-order valence-electron chi connectivity index (χ0n) is 7.74. The lowest BCUT2D eigenvalue weighted by molar-refractivity contribution is -0.179. The molecule has 0 amide bonds. The molecule has 0 saturated carbocycles. The molecule has 0 unspecified atom stereocenters. The third-order valence-electron chi connectivity index (χ3n) is 1.16. The Kier molecular flexibility index (Phi) is 6.32. The van der Waals surface area contributed by atoms with Crippen LogP contribution < -0.4 is 0 Å². The van der Waals surface area contributed by atoms with Crippen molar-refractivity contribution in [3.63, 3.8) is 0 Å². The van der Waals surface area contributed by atoms with Gasteiger partial charge in [-0.2, -0.15) is 0 Å². The Balaban J connectivity index is 3.53. The number of rotatable bonds is 5. The highest BCUT2D eigenvalue weighted by atomic mass is 16.7. The van der Waals surface area contributed by atoms with E-state index in [1.165, 1.54) is 11.1 Å². The summed E-state index contributed by atoms with van der Waals surface area (Å²) in [5.41, 5.74) is 0. The molecule has 0 aromatic heterocycles. The molecule has 0 radical (unpaired) electrons. The van der Waals surface area contributed by atoms with Crippen molar-refractivity contribution < 1.29 is 14.4 Å². The van der Waals surface area contributed by atoms with Crippen LogP contribution in [0.15, 0.2) is 12.2 Å². The molecule has 0 rings (SSSR count). The summed E-state index contributed by atoms with van der Waals surface area (Å²) in [7, 11) is 3.28. The van der Waals surface area contributed by atoms with E-state index in [4.69, 9.17) is 9.57 Å². The van der Waals surface area contributed by atoms with Gasteiger partial charge in [0.15, 0.2) is 0 Å². The van der Waals surface area contributed by atoms with Gasteiger partial charge in [-0.3, -0.25) is 0 Å². The van der Waals surface area contributed by atoms with Crippen LogP contribution in [0.3, 0.4) is 0 Å². The Bertz CT molecular complexity index is 156. The van der Waals surface area contributed by atoms with Gasteiger partial charge in [0.1, 0.15) is 0 Å². The quantitative estimate of drug-likeness (QED) is 0.451. The maximum atomic E-state index is 10.8. The van der Waals surface area contributed by atoms with Gasteiger partial charge in [-0.1, -0.05) is 6.08 Å². The van der Waals surface area contributed by atoms with E-state index in [1.807, 2.05) is 0 Å². The van der Waals surface area contributed by atoms with Crippen LogP contribution in [0, 0.1) is 0 Å². The molecule has 0 saturated heterocycles. The van der Waals surface area contributed by atoms with Crippen molar-refractivity contribution >= 4 is 5.97 Å². The zero-order valence-corrected chi connectivity index (χ0v) is 7.74. The summed E-state index contributed by atoms with van der Waals surface area (Å²) >= 11 is 0. The topological polar surface area (TPSA) is 38.8 Å². The van der Waals surface area contributed by atoms with Gasteiger partial charge >= 0.3 is 5.97 Å². The number of allylic oxidation sites excluding steroid dienone is 1. The lowest BCUT2D eigenvalue weighted by Crippen LogP contribution is -2.25. The minimum atomic E-state index is -0.365. The maximum absolute atomic E-state index is 10.8. The van der Waals surface area contributed by atoms with Gasteiger partial charge in [-0.15, -0.1) is 5.06 Å². The summed E-state index contributed by atoms with van der Waals surface area (Å²) in [6, 6.07) is 0. The number of hydrogen-bond acceptors (Lipinski definition) is 4. The monoisotopic (exact) mass is 173 g/mol. The second-order valence-electron chi connectivity index (χ2n) is 2.25. The van der Waals surface area contributed by atoms with Gasteiger partial charge in [-0.05, 0) is 6.92 Å². The number of ether oxygens (including phenoxy) is 1. The van der Waals surface area contributed by atoms with Crippen LogP contribution in [0.4, 0.5) is 0 Å². The van der Waals surface area contributed by atoms with Crippen LogP contribution in [0.5, 0.6) is 0 Å². The van der Waals surface area contributed by atoms with Crippen LogP contribution in [-0.2, 0) is 14.4 Å². The van der Waals surface area contributed by atoms with Crippen LogP contribution in [-0.4, -0.2) is 38.3 Å². The molecule has 0 atom stereocenters. The molecule has 0 N–H and O–H groups in total. The molecule has 4 nitrogen and oxygen atoms in total. The van der Waals surface area contributed by atoms with Crippen LogP contribution in [0.1, 0.15) is 6.92 Å². The molecule has 0 aliphatic rings. The van der Waals surface area contributed by atoms with Crippen molar-refractivity contribution in [2.75, 3.05) is 27.3 Å². The van der Waals surface area contributed by atoms with Crippen molar-refractivity contribution in [3.05, 3.63) is 12.2 Å². The lowest BCUT2D eigenvalue weighted by atomic mass is 10.5. The Morgan fingerprint density at radius 2 is 2.25 bits per heavy atom. The Labute approximate surface area is 72.7 Å². The molecule has 12 heavy (non-hydrogen) atoms. The summed E-state index contributed by atoms with van der Waals surface area (Å²) in [6.45, 7) is 2.87. The predicted octanol–water partition coefficient (Wildman–Crippen LogP) is 0.599. The van der Waals surface area contributed by atoms with Crippen molar-refractivity contribution in [1.82, 2.24) is 5.06 Å². The van der Waals surface area contributed by atoms with E-state index in [1.54, 1.807) is 27.2 Å². The van der Waals surface area contributed by atoms with E-state index in [-0.39, 0.29) is 5.97 Å². The standard InChI is InChI=1S/C8H15NO3/c1-4-5-8(10)12-9(2)6-7-11-3/h4-5H,6-7H2,1-3H3. The highest BCUT2D eigenvalue weighted by Gasteiger charge is 2.02. The number of carbonyl (C=O) groups is 1. The molecular formula is C8H15NO3. The Morgan fingerprint density at radius 3 is 2.75 bits per heavy atom. The van der Waals surface area contributed by atoms with Gasteiger partial charge in [0.25, 0.3) is 0 Å². The van der Waals surface area contributed by atoms with E-state index >= 15 is 0 Å². The summed E-state index contributed by atoms with van der Waals surface area (Å²) in [6.07, 6.45) is 3.00. The van der Waals surface area contributed by atoms with Crippen LogP contribution in [0.2, 0.25) is 0 Å². The summed E-state index contributed by atoms with van der Waals surface area (Å²) in [5, 5.41) is 1.44. The molecule has 0 fully saturated rings. The SMILES string of the molecule is CC=CC(=O)ON(C)CCOC. The third-order valence-corrected chi connectivity index (χ3v) is 1.16. The largest absolute Gasteiger partial charge is 0.383 e. The fourth-order valence-electron chi connectivity index (χ4n) is 0.586. The van der Waals surface area contributed by atoms with Crippen LogP contribution >= 0.6 is 0 Å². The molecule has 0 bridgehead atoms. The number of nitrogens with zero attached hydrogens (tertiary/aromatic N) is 1. The van der Waals surface area contributed by atoms with Gasteiger partial charge in [-0.25, -0.2) is 4.79 Å². The first-order valence-corrected chi connectivity index (χ1v) is 3.75. The first kappa shape index (κ1) is 11.1.